The predicted molar refractivity (Wildman–Crippen MR) is 75.6 cm³/mol. The number of aryl methyl sites for hydroxylation is 1. The molecule has 0 amide bonds. The van der Waals surface area contributed by atoms with Crippen LogP contribution in [0.5, 0.6) is 0 Å². The molecule has 0 saturated carbocycles. The van der Waals surface area contributed by atoms with E-state index in [1.165, 1.54) is 17.4 Å². The minimum Gasteiger partial charge on any atom is -0.387 e. The summed E-state index contributed by atoms with van der Waals surface area (Å²) >= 11 is 1.46. The first-order valence-corrected chi connectivity index (χ1v) is 8.18. The Bertz CT molecular complexity index is 636. The minimum absolute atomic E-state index is 0.0347. The molecule has 1 unspecified atom stereocenters. The minimum atomic E-state index is -3.58. The maximum atomic E-state index is 12.0. The fourth-order valence-corrected chi connectivity index (χ4v) is 3.49. The summed E-state index contributed by atoms with van der Waals surface area (Å²) in [7, 11) is -3.58. The summed E-state index contributed by atoms with van der Waals surface area (Å²) in [6.07, 6.45) is -0.828. The maximum Gasteiger partial charge on any atom is 0.240 e. The molecule has 6 heteroatoms. The molecule has 0 spiro atoms. The van der Waals surface area contributed by atoms with Gasteiger partial charge in [-0.25, -0.2) is 13.1 Å². The van der Waals surface area contributed by atoms with Crippen LogP contribution in [0.2, 0.25) is 0 Å². The lowest BCUT2D eigenvalue weighted by atomic mass is 10.2. The van der Waals surface area contributed by atoms with E-state index in [0.717, 1.165) is 11.1 Å². The number of aliphatic hydroxyl groups is 1. The lowest BCUT2D eigenvalue weighted by Gasteiger charge is -2.11. The highest BCUT2D eigenvalue weighted by Gasteiger charge is 2.16. The fourth-order valence-electron chi connectivity index (χ4n) is 1.64. The van der Waals surface area contributed by atoms with Crippen LogP contribution in [-0.4, -0.2) is 20.1 Å². The highest BCUT2D eigenvalue weighted by Crippen LogP contribution is 2.16. The number of benzene rings is 1. The van der Waals surface area contributed by atoms with Crippen LogP contribution in [0, 0.1) is 6.92 Å². The molecule has 19 heavy (non-hydrogen) atoms. The number of thiophene rings is 1. The first-order valence-electron chi connectivity index (χ1n) is 5.75. The molecule has 2 N–H and O–H groups in total. The molecular formula is C13H15NO3S2. The molecule has 0 aliphatic rings. The van der Waals surface area contributed by atoms with Crippen molar-refractivity contribution in [1.82, 2.24) is 4.72 Å². The molecule has 0 saturated heterocycles. The average molecular weight is 297 g/mol. The second-order valence-electron chi connectivity index (χ2n) is 4.24. The Balaban J connectivity index is 2.06. The zero-order valence-electron chi connectivity index (χ0n) is 10.4. The second kappa shape index (κ2) is 5.83. The van der Waals surface area contributed by atoms with Crippen LogP contribution in [0.25, 0.3) is 0 Å². The van der Waals surface area contributed by atoms with Crippen molar-refractivity contribution in [2.45, 2.75) is 17.9 Å². The Labute approximate surface area is 116 Å². The van der Waals surface area contributed by atoms with Crippen LogP contribution in [0.3, 0.4) is 0 Å². The summed E-state index contributed by atoms with van der Waals surface area (Å²) in [5.74, 6) is 0. The molecular weight excluding hydrogens is 282 g/mol. The van der Waals surface area contributed by atoms with Crippen molar-refractivity contribution in [3.63, 3.8) is 0 Å². The Morgan fingerprint density at radius 2 is 2.16 bits per heavy atom. The zero-order valence-corrected chi connectivity index (χ0v) is 12.0. The van der Waals surface area contributed by atoms with Crippen molar-refractivity contribution in [3.05, 3.63) is 52.2 Å². The van der Waals surface area contributed by atoms with Gasteiger partial charge in [-0.1, -0.05) is 12.1 Å². The molecule has 102 valence electrons. The highest BCUT2D eigenvalue weighted by atomic mass is 32.2. The molecule has 1 atom stereocenters. The van der Waals surface area contributed by atoms with Crippen LogP contribution in [-0.2, 0) is 10.0 Å². The first-order chi connectivity index (χ1) is 8.99. The normalized spacial score (nSPS) is 13.4. The zero-order chi connectivity index (χ0) is 13.9. The third-order valence-electron chi connectivity index (χ3n) is 2.69. The second-order valence-corrected chi connectivity index (χ2v) is 6.79. The molecule has 1 aromatic heterocycles. The van der Waals surface area contributed by atoms with Crippen LogP contribution in [0.4, 0.5) is 0 Å². The summed E-state index contributed by atoms with van der Waals surface area (Å²) in [6, 6.07) is 8.43. The Kier molecular flexibility index (Phi) is 4.36. The molecule has 0 aliphatic heterocycles. The SMILES string of the molecule is Cc1cccc(S(=O)(=O)NCC(O)c2ccsc2)c1. The Hall–Kier alpha value is -1.21. The molecule has 0 radical (unpaired) electrons. The predicted octanol–water partition coefficient (Wildman–Crippen LogP) is 2.07. The Morgan fingerprint density at radius 1 is 1.37 bits per heavy atom. The molecule has 0 aliphatic carbocycles. The fraction of sp³-hybridized carbons (Fsp3) is 0.231. The van der Waals surface area contributed by atoms with Crippen LogP contribution < -0.4 is 4.72 Å². The van der Waals surface area contributed by atoms with E-state index >= 15 is 0 Å². The van der Waals surface area contributed by atoms with Crippen LogP contribution in [0.1, 0.15) is 17.2 Å². The van der Waals surface area contributed by atoms with Gasteiger partial charge in [-0.05, 0) is 47.0 Å². The average Bonchev–Trinajstić information content (AvgIpc) is 2.90. The summed E-state index contributed by atoms with van der Waals surface area (Å²) < 4.78 is 26.5. The van der Waals surface area contributed by atoms with E-state index in [4.69, 9.17) is 0 Å². The van der Waals surface area contributed by atoms with Gasteiger partial charge in [0.05, 0.1) is 11.0 Å². The molecule has 1 heterocycles. The Morgan fingerprint density at radius 3 is 2.79 bits per heavy atom. The number of aliphatic hydroxyl groups excluding tert-OH is 1. The molecule has 2 aromatic rings. The number of hydrogen-bond acceptors (Lipinski definition) is 4. The van der Waals surface area contributed by atoms with E-state index in [9.17, 15) is 13.5 Å². The van der Waals surface area contributed by atoms with Crippen molar-refractivity contribution in [2.24, 2.45) is 0 Å². The van der Waals surface area contributed by atoms with Crippen molar-refractivity contribution < 1.29 is 13.5 Å². The quantitative estimate of drug-likeness (QED) is 0.888. The van der Waals surface area contributed by atoms with Gasteiger partial charge >= 0.3 is 0 Å². The smallest absolute Gasteiger partial charge is 0.240 e. The van der Waals surface area contributed by atoms with Gasteiger partial charge in [0, 0.05) is 6.54 Å². The topological polar surface area (TPSA) is 66.4 Å². The largest absolute Gasteiger partial charge is 0.387 e. The van der Waals surface area contributed by atoms with Gasteiger partial charge in [0.15, 0.2) is 0 Å². The van der Waals surface area contributed by atoms with E-state index in [1.54, 1.807) is 23.6 Å². The van der Waals surface area contributed by atoms with E-state index in [-0.39, 0.29) is 11.4 Å². The summed E-state index contributed by atoms with van der Waals surface area (Å²) in [5.41, 5.74) is 1.60. The lowest BCUT2D eigenvalue weighted by Crippen LogP contribution is -2.28. The van der Waals surface area contributed by atoms with Gasteiger partial charge in [-0.2, -0.15) is 11.3 Å². The third kappa shape index (κ3) is 3.63. The lowest BCUT2D eigenvalue weighted by molar-refractivity contribution is 0.182. The third-order valence-corrected chi connectivity index (χ3v) is 4.82. The summed E-state index contributed by atoms with van der Waals surface area (Å²) in [6.45, 7) is 1.80. The van der Waals surface area contributed by atoms with Crippen LogP contribution in [0.15, 0.2) is 46.0 Å². The maximum absolute atomic E-state index is 12.0. The van der Waals surface area contributed by atoms with Gasteiger partial charge < -0.3 is 5.11 Å². The van der Waals surface area contributed by atoms with Gasteiger partial charge in [-0.15, -0.1) is 0 Å². The van der Waals surface area contributed by atoms with Gasteiger partial charge in [0.2, 0.25) is 10.0 Å². The monoisotopic (exact) mass is 297 g/mol. The van der Waals surface area contributed by atoms with Crippen molar-refractivity contribution >= 4 is 21.4 Å². The highest BCUT2D eigenvalue weighted by molar-refractivity contribution is 7.89. The van der Waals surface area contributed by atoms with Crippen molar-refractivity contribution in [3.8, 4) is 0 Å². The number of rotatable bonds is 5. The molecule has 4 nitrogen and oxygen atoms in total. The molecule has 0 bridgehead atoms. The number of hydrogen-bond donors (Lipinski definition) is 2. The standard InChI is InChI=1S/C13H15NO3S2/c1-10-3-2-4-12(7-10)19(16,17)14-8-13(15)11-5-6-18-9-11/h2-7,9,13-15H,8H2,1H3. The first kappa shape index (κ1) is 14.2. The van der Waals surface area contributed by atoms with E-state index in [2.05, 4.69) is 4.72 Å². The van der Waals surface area contributed by atoms with E-state index in [0.29, 0.717) is 0 Å². The van der Waals surface area contributed by atoms with Gasteiger partial charge in [-0.3, -0.25) is 0 Å². The molecule has 1 aromatic carbocycles. The number of nitrogens with one attached hydrogen (secondary N) is 1. The number of sulfonamides is 1. The van der Waals surface area contributed by atoms with Crippen LogP contribution >= 0.6 is 11.3 Å². The molecule has 2 rings (SSSR count). The van der Waals surface area contributed by atoms with Gasteiger partial charge in [0.25, 0.3) is 0 Å². The van der Waals surface area contributed by atoms with E-state index < -0.39 is 16.1 Å². The van der Waals surface area contributed by atoms with Crippen molar-refractivity contribution in [1.29, 1.82) is 0 Å². The van der Waals surface area contributed by atoms with E-state index in [1.807, 2.05) is 18.4 Å². The summed E-state index contributed by atoms with van der Waals surface area (Å²) in [4.78, 5) is 0.213. The van der Waals surface area contributed by atoms with Crippen molar-refractivity contribution in [2.75, 3.05) is 6.54 Å². The van der Waals surface area contributed by atoms with Gasteiger partial charge in [0.1, 0.15) is 0 Å². The summed E-state index contributed by atoms with van der Waals surface area (Å²) in [5, 5.41) is 13.5. The molecule has 0 fully saturated rings.